The number of hydrogen-bond donors (Lipinski definition) is 0. The van der Waals surface area contributed by atoms with Crippen LogP contribution >= 0.6 is 34.8 Å². The first-order chi connectivity index (χ1) is 16.0. The van der Waals surface area contributed by atoms with Crippen molar-refractivity contribution in [2.45, 2.75) is 6.54 Å². The van der Waals surface area contributed by atoms with Crippen LogP contribution in [0.4, 0.5) is 5.69 Å². The quantitative estimate of drug-likeness (QED) is 0.204. The maximum Gasteiger partial charge on any atom is 0.341 e. The van der Waals surface area contributed by atoms with E-state index in [1.54, 1.807) is 0 Å². The zero-order valence-electron chi connectivity index (χ0n) is 17.3. The Kier molecular flexibility index (Phi) is 7.15. The van der Waals surface area contributed by atoms with Crippen LogP contribution in [0.2, 0.25) is 15.1 Å². The third-order valence-electron chi connectivity index (χ3n) is 4.51. The van der Waals surface area contributed by atoms with Gasteiger partial charge in [0.15, 0.2) is 0 Å². The molecule has 0 aliphatic heterocycles. The zero-order chi connectivity index (χ0) is 25.3. The summed E-state index contributed by atoms with van der Waals surface area (Å²) in [6.45, 7) is -0.830. The number of nitrogens with zero attached hydrogens (tertiary/aromatic N) is 4. The topological polar surface area (TPSA) is 145 Å². The van der Waals surface area contributed by atoms with Gasteiger partial charge in [-0.05, 0) is 12.1 Å². The van der Waals surface area contributed by atoms with Crippen LogP contribution in [0.25, 0.3) is 5.69 Å². The average molecular weight is 532 g/mol. The standard InChI is InChI=1S/C19H13Cl3N4O8/c1-23-17(28)24(8-15(27)33-2)19(30)25(18(23)29)13-7-10(3-4-12(13)26(31)32)34-14-6-9(20)5-11(21)16(14)22/h3-7H,8H2,1-2H3. The highest BCUT2D eigenvalue weighted by Crippen LogP contribution is 2.38. The monoisotopic (exact) mass is 530 g/mol. The van der Waals surface area contributed by atoms with Gasteiger partial charge in [-0.15, -0.1) is 0 Å². The van der Waals surface area contributed by atoms with Gasteiger partial charge in [0, 0.05) is 30.3 Å². The number of nitro groups is 1. The van der Waals surface area contributed by atoms with Crippen LogP contribution in [0.3, 0.4) is 0 Å². The van der Waals surface area contributed by atoms with Gasteiger partial charge in [0.1, 0.15) is 28.8 Å². The normalized spacial score (nSPS) is 10.7. The van der Waals surface area contributed by atoms with E-state index in [4.69, 9.17) is 39.5 Å². The molecule has 2 aromatic carbocycles. The second-order valence-electron chi connectivity index (χ2n) is 6.61. The molecule has 0 amide bonds. The van der Waals surface area contributed by atoms with Crippen molar-refractivity contribution in [1.82, 2.24) is 13.7 Å². The molecular weight excluding hydrogens is 519 g/mol. The SMILES string of the molecule is COC(=O)Cn1c(=O)n(C)c(=O)n(-c2cc(Oc3cc(Cl)cc(Cl)c3Cl)ccc2[N+](=O)[O-])c1=O. The number of carbonyl (C=O) groups is 1. The second-order valence-corrected chi connectivity index (χ2v) is 7.84. The summed E-state index contributed by atoms with van der Waals surface area (Å²) in [5.74, 6) is -1.04. The molecule has 15 heteroatoms. The Balaban J connectivity index is 2.28. The number of rotatable bonds is 6. The van der Waals surface area contributed by atoms with Gasteiger partial charge in [-0.3, -0.25) is 14.9 Å². The van der Waals surface area contributed by atoms with Gasteiger partial charge >= 0.3 is 23.0 Å². The van der Waals surface area contributed by atoms with Crippen LogP contribution < -0.4 is 21.8 Å². The molecule has 0 bridgehead atoms. The van der Waals surface area contributed by atoms with Crippen LogP contribution in [0.15, 0.2) is 44.7 Å². The first-order valence-corrected chi connectivity index (χ1v) is 10.2. The fourth-order valence-electron chi connectivity index (χ4n) is 2.87. The van der Waals surface area contributed by atoms with E-state index < -0.39 is 45.9 Å². The van der Waals surface area contributed by atoms with Gasteiger partial charge in [0.05, 0.1) is 17.1 Å². The minimum atomic E-state index is -1.30. The maximum atomic E-state index is 13.0. The van der Waals surface area contributed by atoms with Crippen LogP contribution in [0.1, 0.15) is 0 Å². The predicted octanol–water partition coefficient (Wildman–Crippen LogP) is 2.53. The molecule has 0 fully saturated rings. The fourth-order valence-corrected chi connectivity index (χ4v) is 3.49. The number of benzene rings is 2. The Morgan fingerprint density at radius 2 is 1.74 bits per heavy atom. The molecule has 178 valence electrons. The van der Waals surface area contributed by atoms with E-state index in [0.717, 1.165) is 26.3 Å². The lowest BCUT2D eigenvalue weighted by Crippen LogP contribution is -2.53. The molecule has 3 aromatic rings. The largest absolute Gasteiger partial charge is 0.468 e. The summed E-state index contributed by atoms with van der Waals surface area (Å²) in [6.07, 6.45) is 0. The van der Waals surface area contributed by atoms with Gasteiger partial charge in [-0.25, -0.2) is 28.1 Å². The lowest BCUT2D eigenvalue weighted by atomic mass is 10.2. The summed E-state index contributed by atoms with van der Waals surface area (Å²) >= 11 is 18.0. The van der Waals surface area contributed by atoms with Crippen LogP contribution in [0, 0.1) is 10.1 Å². The molecule has 1 heterocycles. The molecule has 0 N–H and O–H groups in total. The predicted molar refractivity (Wildman–Crippen MR) is 122 cm³/mol. The summed E-state index contributed by atoms with van der Waals surface area (Å²) in [5, 5.41) is 11.9. The van der Waals surface area contributed by atoms with Crippen LogP contribution in [0.5, 0.6) is 11.5 Å². The molecule has 1 aromatic heterocycles. The van der Waals surface area contributed by atoms with E-state index >= 15 is 0 Å². The van der Waals surface area contributed by atoms with Crippen molar-refractivity contribution in [2.24, 2.45) is 7.05 Å². The highest BCUT2D eigenvalue weighted by Gasteiger charge is 2.24. The molecular formula is C19H13Cl3N4O8. The van der Waals surface area contributed by atoms with E-state index in [1.807, 2.05) is 0 Å². The average Bonchev–Trinajstić information content (AvgIpc) is 2.78. The van der Waals surface area contributed by atoms with Crippen molar-refractivity contribution < 1.29 is 19.2 Å². The minimum Gasteiger partial charge on any atom is -0.468 e. The zero-order valence-corrected chi connectivity index (χ0v) is 19.6. The van der Waals surface area contributed by atoms with Crippen molar-refractivity contribution in [3.8, 4) is 17.2 Å². The molecule has 0 radical (unpaired) electrons. The van der Waals surface area contributed by atoms with Gasteiger partial charge in [-0.1, -0.05) is 34.8 Å². The molecule has 0 atom stereocenters. The number of hydrogen-bond acceptors (Lipinski definition) is 8. The highest BCUT2D eigenvalue weighted by molar-refractivity contribution is 6.44. The highest BCUT2D eigenvalue weighted by atomic mass is 35.5. The number of methoxy groups -OCH3 is 1. The van der Waals surface area contributed by atoms with Crippen molar-refractivity contribution in [3.05, 3.63) is 87.0 Å². The first-order valence-electron chi connectivity index (χ1n) is 9.07. The Bertz CT molecular complexity index is 1510. The Hall–Kier alpha value is -3.61. The van der Waals surface area contributed by atoms with Crippen LogP contribution in [-0.2, 0) is 23.1 Å². The fraction of sp³-hybridized carbons (Fsp3) is 0.158. The number of ether oxygens (including phenoxy) is 2. The van der Waals surface area contributed by atoms with Crippen molar-refractivity contribution in [1.29, 1.82) is 0 Å². The van der Waals surface area contributed by atoms with E-state index in [0.29, 0.717) is 13.7 Å². The van der Waals surface area contributed by atoms with Crippen molar-refractivity contribution >= 4 is 46.5 Å². The Morgan fingerprint density at radius 1 is 1.06 bits per heavy atom. The molecule has 0 aliphatic rings. The van der Waals surface area contributed by atoms with Crippen molar-refractivity contribution in [3.63, 3.8) is 0 Å². The van der Waals surface area contributed by atoms with E-state index in [2.05, 4.69) is 4.74 Å². The molecule has 0 saturated heterocycles. The Morgan fingerprint density at radius 3 is 2.35 bits per heavy atom. The minimum absolute atomic E-state index is 0.00474. The van der Waals surface area contributed by atoms with E-state index in [1.165, 1.54) is 18.2 Å². The van der Waals surface area contributed by atoms with Gasteiger partial charge in [0.2, 0.25) is 0 Å². The molecule has 34 heavy (non-hydrogen) atoms. The first kappa shape index (κ1) is 25.0. The number of nitro benzene ring substituents is 1. The molecule has 0 saturated carbocycles. The van der Waals surface area contributed by atoms with Gasteiger partial charge < -0.3 is 9.47 Å². The van der Waals surface area contributed by atoms with Gasteiger partial charge in [0.25, 0.3) is 5.69 Å². The third-order valence-corrected chi connectivity index (χ3v) is 5.51. The van der Waals surface area contributed by atoms with Crippen molar-refractivity contribution in [2.75, 3.05) is 7.11 Å². The van der Waals surface area contributed by atoms with E-state index in [9.17, 15) is 29.3 Å². The lowest BCUT2D eigenvalue weighted by Gasteiger charge is -2.13. The molecule has 0 aliphatic carbocycles. The summed E-state index contributed by atoms with van der Waals surface area (Å²) in [5.41, 5.74) is -4.81. The van der Waals surface area contributed by atoms with Gasteiger partial charge in [-0.2, -0.15) is 0 Å². The molecule has 12 nitrogen and oxygen atoms in total. The molecule has 0 unspecified atom stereocenters. The third kappa shape index (κ3) is 4.69. The lowest BCUT2D eigenvalue weighted by molar-refractivity contribution is -0.384. The summed E-state index contributed by atoms with van der Waals surface area (Å²) in [6, 6.07) is 5.88. The smallest absolute Gasteiger partial charge is 0.341 e. The summed E-state index contributed by atoms with van der Waals surface area (Å²) in [7, 11) is 2.07. The number of aromatic nitrogens is 3. The number of carbonyl (C=O) groups excluding carboxylic acids is 1. The van der Waals surface area contributed by atoms with E-state index in [-0.39, 0.29) is 26.6 Å². The molecule has 0 spiro atoms. The number of esters is 1. The van der Waals surface area contributed by atoms with Crippen LogP contribution in [-0.4, -0.2) is 31.7 Å². The second kappa shape index (κ2) is 9.71. The summed E-state index contributed by atoms with van der Waals surface area (Å²) < 4.78 is 11.4. The summed E-state index contributed by atoms with van der Waals surface area (Å²) in [4.78, 5) is 60.6. The number of halogens is 3. The molecule has 3 rings (SSSR count). The Labute approximate surface area is 204 Å². The maximum absolute atomic E-state index is 13.0.